The molecule has 2 N–H and O–H groups in total. The number of aryl methyl sites for hydroxylation is 2. The number of imide groups is 1. The minimum absolute atomic E-state index is 0.188. The number of urea groups is 1. The van der Waals surface area contributed by atoms with Crippen LogP contribution in [0.25, 0.3) is 0 Å². The first-order valence-electron chi connectivity index (χ1n) is 9.38. The van der Waals surface area contributed by atoms with E-state index < -0.39 is 11.9 Å². The molecule has 0 aromatic heterocycles. The van der Waals surface area contributed by atoms with E-state index in [0.29, 0.717) is 38.4 Å². The third kappa shape index (κ3) is 5.30. The predicted molar refractivity (Wildman–Crippen MR) is 130 cm³/mol. The normalized spacial score (nSPS) is 10.6. The van der Waals surface area contributed by atoms with E-state index in [4.69, 9.17) is 51.1 Å². The Morgan fingerprint density at radius 1 is 0.844 bits per heavy atom. The summed E-state index contributed by atoms with van der Waals surface area (Å²) in [7, 11) is 0. The molecule has 0 atom stereocenters. The van der Waals surface area contributed by atoms with Crippen LogP contribution in [0.2, 0.25) is 20.1 Å². The van der Waals surface area contributed by atoms with Crippen LogP contribution in [-0.4, -0.2) is 11.9 Å². The molecule has 0 fully saturated rings. The average Bonchev–Trinajstić information content (AvgIpc) is 2.73. The summed E-state index contributed by atoms with van der Waals surface area (Å²) in [6, 6.07) is 10.7. The molecule has 166 valence electrons. The second-order valence-electron chi connectivity index (χ2n) is 7.03. The Morgan fingerprint density at radius 3 is 2.22 bits per heavy atom. The summed E-state index contributed by atoms with van der Waals surface area (Å²) in [5, 5.41) is 6.29. The Balaban J connectivity index is 1.81. The van der Waals surface area contributed by atoms with Gasteiger partial charge in [0.15, 0.2) is 0 Å². The number of ether oxygens (including phenoxy) is 1. The second kappa shape index (κ2) is 10.0. The Bertz CT molecular complexity index is 1230. The van der Waals surface area contributed by atoms with Gasteiger partial charge in [-0.3, -0.25) is 10.1 Å². The van der Waals surface area contributed by atoms with Gasteiger partial charge in [-0.15, -0.1) is 0 Å². The van der Waals surface area contributed by atoms with Crippen LogP contribution in [0.1, 0.15) is 27.0 Å². The average molecular weight is 512 g/mol. The molecule has 0 saturated heterocycles. The Morgan fingerprint density at radius 2 is 1.53 bits per heavy atom. The molecule has 0 saturated carbocycles. The minimum Gasteiger partial charge on any atom is -0.454 e. The smallest absolute Gasteiger partial charge is 0.326 e. The van der Waals surface area contributed by atoms with E-state index in [1.54, 1.807) is 50.2 Å². The summed E-state index contributed by atoms with van der Waals surface area (Å²) in [5.74, 6) is 0.110. The Kier molecular flexibility index (Phi) is 7.57. The molecular weight excluding hydrogens is 494 g/mol. The van der Waals surface area contributed by atoms with Crippen molar-refractivity contribution < 1.29 is 14.3 Å². The van der Waals surface area contributed by atoms with Crippen molar-refractivity contribution in [3.8, 4) is 11.5 Å². The number of rotatable bonds is 4. The number of carbonyl (C=O) groups is 2. The third-order valence-corrected chi connectivity index (χ3v) is 6.16. The number of hydrogen-bond donors (Lipinski definition) is 2. The maximum atomic E-state index is 12.4. The molecule has 32 heavy (non-hydrogen) atoms. The summed E-state index contributed by atoms with van der Waals surface area (Å²) in [5.41, 5.74) is 2.60. The van der Waals surface area contributed by atoms with E-state index in [1.807, 2.05) is 6.92 Å². The van der Waals surface area contributed by atoms with Crippen LogP contribution in [0.3, 0.4) is 0 Å². The Hall–Kier alpha value is -2.44. The minimum atomic E-state index is -0.726. The van der Waals surface area contributed by atoms with Crippen molar-refractivity contribution in [3.63, 3.8) is 0 Å². The molecule has 0 unspecified atom stereocenters. The van der Waals surface area contributed by atoms with Crippen LogP contribution in [0.15, 0.2) is 42.5 Å². The zero-order chi connectivity index (χ0) is 23.6. The lowest BCUT2D eigenvalue weighted by atomic mass is 10.1. The van der Waals surface area contributed by atoms with Gasteiger partial charge < -0.3 is 10.1 Å². The molecule has 3 rings (SSSR count). The van der Waals surface area contributed by atoms with Crippen LogP contribution in [0.4, 0.5) is 10.5 Å². The van der Waals surface area contributed by atoms with Crippen molar-refractivity contribution >= 4 is 64.0 Å². The molecule has 0 heterocycles. The lowest BCUT2D eigenvalue weighted by Gasteiger charge is -2.17. The van der Waals surface area contributed by atoms with E-state index in [1.165, 1.54) is 6.07 Å². The number of carbonyl (C=O) groups excluding carboxylic acids is 2. The van der Waals surface area contributed by atoms with Gasteiger partial charge in [0, 0.05) is 16.8 Å². The fraction of sp³-hybridized carbons (Fsp3) is 0.130. The van der Waals surface area contributed by atoms with Gasteiger partial charge in [0.25, 0.3) is 5.91 Å². The van der Waals surface area contributed by atoms with E-state index in [2.05, 4.69) is 10.6 Å². The fourth-order valence-electron chi connectivity index (χ4n) is 2.89. The maximum absolute atomic E-state index is 12.4. The van der Waals surface area contributed by atoms with Crippen molar-refractivity contribution in [3.05, 3.63) is 84.8 Å². The molecule has 3 amide bonds. The number of benzene rings is 3. The molecule has 0 spiro atoms. The van der Waals surface area contributed by atoms with Gasteiger partial charge in [-0.25, -0.2) is 4.79 Å². The van der Waals surface area contributed by atoms with Crippen LogP contribution >= 0.6 is 46.4 Å². The first kappa shape index (κ1) is 24.2. The molecule has 5 nitrogen and oxygen atoms in total. The summed E-state index contributed by atoms with van der Waals surface area (Å²) in [4.78, 5) is 24.7. The quantitative estimate of drug-likeness (QED) is 0.373. The number of amides is 3. The maximum Gasteiger partial charge on any atom is 0.326 e. The molecule has 0 aliphatic carbocycles. The van der Waals surface area contributed by atoms with Crippen molar-refractivity contribution in [2.45, 2.75) is 20.8 Å². The van der Waals surface area contributed by atoms with Crippen molar-refractivity contribution in [2.24, 2.45) is 0 Å². The summed E-state index contributed by atoms with van der Waals surface area (Å²) in [6.07, 6.45) is 0. The third-order valence-electron chi connectivity index (χ3n) is 4.67. The lowest BCUT2D eigenvalue weighted by Crippen LogP contribution is -2.34. The number of halogens is 4. The molecule has 3 aromatic carbocycles. The highest BCUT2D eigenvalue weighted by atomic mass is 35.5. The SMILES string of the molecule is Cc1cc(Cl)c(Oc2c(C)cc(NC(=O)NC(=O)c3ccccc3Cl)c(C)c2Cl)cc1Cl. The molecule has 3 aromatic rings. The van der Waals surface area contributed by atoms with Crippen LogP contribution in [0.5, 0.6) is 11.5 Å². The standard InChI is InChI=1S/C23H18Cl4N2O3/c1-11-8-17(26)19(10-16(11)25)32-21-12(2)9-18(13(3)20(21)27)28-23(31)29-22(30)14-6-4-5-7-15(14)24/h4-10H,1-3H3,(H2,28,29,30,31). The number of hydrogen-bond acceptors (Lipinski definition) is 3. The summed E-state index contributed by atoms with van der Waals surface area (Å²) < 4.78 is 5.94. The molecule has 0 aliphatic heterocycles. The van der Waals surface area contributed by atoms with Crippen LogP contribution < -0.4 is 15.4 Å². The number of nitrogens with one attached hydrogen (secondary N) is 2. The molecule has 0 bridgehead atoms. The van der Waals surface area contributed by atoms with Crippen LogP contribution in [0, 0.1) is 20.8 Å². The zero-order valence-corrected chi connectivity index (χ0v) is 20.3. The molecular formula is C23H18Cl4N2O3. The van der Waals surface area contributed by atoms with Gasteiger partial charge in [-0.1, -0.05) is 58.5 Å². The molecule has 9 heteroatoms. The van der Waals surface area contributed by atoms with Crippen molar-refractivity contribution in [1.29, 1.82) is 0 Å². The predicted octanol–water partition coefficient (Wildman–Crippen LogP) is 7.98. The zero-order valence-electron chi connectivity index (χ0n) is 17.3. The summed E-state index contributed by atoms with van der Waals surface area (Å²) in [6.45, 7) is 5.31. The van der Waals surface area contributed by atoms with E-state index in [9.17, 15) is 9.59 Å². The van der Waals surface area contributed by atoms with Crippen molar-refractivity contribution in [1.82, 2.24) is 5.32 Å². The largest absolute Gasteiger partial charge is 0.454 e. The van der Waals surface area contributed by atoms with Gasteiger partial charge in [-0.2, -0.15) is 0 Å². The number of anilines is 1. The van der Waals surface area contributed by atoms with Gasteiger partial charge in [0.05, 0.1) is 20.6 Å². The summed E-state index contributed by atoms with van der Waals surface area (Å²) >= 11 is 25.0. The monoisotopic (exact) mass is 510 g/mol. The van der Waals surface area contributed by atoms with E-state index in [-0.39, 0.29) is 15.6 Å². The highest BCUT2D eigenvalue weighted by Gasteiger charge is 2.19. The first-order valence-corrected chi connectivity index (χ1v) is 10.9. The highest BCUT2D eigenvalue weighted by Crippen LogP contribution is 2.41. The lowest BCUT2D eigenvalue weighted by molar-refractivity contribution is 0.0967. The van der Waals surface area contributed by atoms with Crippen LogP contribution in [-0.2, 0) is 0 Å². The van der Waals surface area contributed by atoms with E-state index in [0.717, 1.165) is 5.56 Å². The van der Waals surface area contributed by atoms with Gasteiger partial charge in [0.1, 0.15) is 11.5 Å². The van der Waals surface area contributed by atoms with Crippen molar-refractivity contribution in [2.75, 3.05) is 5.32 Å². The van der Waals surface area contributed by atoms with Gasteiger partial charge in [0.2, 0.25) is 0 Å². The van der Waals surface area contributed by atoms with E-state index >= 15 is 0 Å². The molecule has 0 radical (unpaired) electrons. The molecule has 0 aliphatic rings. The topological polar surface area (TPSA) is 67.4 Å². The first-order chi connectivity index (χ1) is 15.1. The second-order valence-corrected chi connectivity index (χ2v) is 8.63. The van der Waals surface area contributed by atoms with Gasteiger partial charge in [-0.05, 0) is 61.7 Å². The highest BCUT2D eigenvalue weighted by molar-refractivity contribution is 6.35. The fourth-order valence-corrected chi connectivity index (χ4v) is 3.81. The Labute approximate surface area is 205 Å². The van der Waals surface area contributed by atoms with Gasteiger partial charge >= 0.3 is 6.03 Å².